The molecule has 20 heavy (non-hydrogen) atoms. The van der Waals surface area contributed by atoms with Crippen LogP contribution in [0.3, 0.4) is 0 Å². The number of aromatic nitrogens is 2. The van der Waals surface area contributed by atoms with Crippen LogP contribution in [0.5, 0.6) is 0 Å². The molecule has 1 aromatic heterocycles. The van der Waals surface area contributed by atoms with Gasteiger partial charge in [0.25, 0.3) is 0 Å². The Kier molecular flexibility index (Phi) is 4.99. The lowest BCUT2D eigenvalue weighted by Gasteiger charge is -2.32. The van der Waals surface area contributed by atoms with Gasteiger partial charge in [-0.2, -0.15) is 5.10 Å². The van der Waals surface area contributed by atoms with Crippen LogP contribution in [-0.4, -0.2) is 45.3 Å². The summed E-state index contributed by atoms with van der Waals surface area (Å²) in [6.07, 6.45) is 3.53. The van der Waals surface area contributed by atoms with Gasteiger partial charge in [0.05, 0.1) is 11.3 Å². The van der Waals surface area contributed by atoms with Crippen molar-refractivity contribution in [2.24, 2.45) is 12.8 Å². The molecule has 0 bridgehead atoms. The van der Waals surface area contributed by atoms with Gasteiger partial charge in [-0.1, -0.05) is 19.1 Å². The number of likely N-dealkylation sites (tertiary alicyclic amines) is 1. The van der Waals surface area contributed by atoms with Crippen molar-refractivity contribution in [2.75, 3.05) is 25.0 Å². The second kappa shape index (κ2) is 6.54. The first-order chi connectivity index (χ1) is 9.52. The lowest BCUT2D eigenvalue weighted by Crippen LogP contribution is -2.39. The van der Waals surface area contributed by atoms with Crippen LogP contribution in [0.25, 0.3) is 0 Å². The third-order valence-electron chi connectivity index (χ3n) is 3.94. The molecule has 0 unspecified atom stereocenters. The zero-order valence-electron chi connectivity index (χ0n) is 12.6. The highest BCUT2D eigenvalue weighted by Crippen LogP contribution is 2.22. The minimum absolute atomic E-state index is 0.418. The second-order valence-electron chi connectivity index (χ2n) is 5.56. The molecule has 2 rings (SSSR count). The molecule has 1 fully saturated rings. The highest BCUT2D eigenvalue weighted by atomic mass is 32.1. The summed E-state index contributed by atoms with van der Waals surface area (Å²) in [7, 11) is 1.93. The predicted octanol–water partition coefficient (Wildman–Crippen LogP) is 1.65. The van der Waals surface area contributed by atoms with Crippen LogP contribution in [-0.2, 0) is 7.05 Å². The highest BCUT2D eigenvalue weighted by molar-refractivity contribution is 7.80. The molecule has 0 aromatic carbocycles. The molecular weight excluding hydrogens is 270 g/mol. The number of hydrogen-bond donors (Lipinski definition) is 2. The first kappa shape index (κ1) is 15.3. The SMILES string of the molecule is CCCN1CCC(Nc2c(C(N)=S)c(C)nn2C)CC1. The van der Waals surface area contributed by atoms with E-state index in [4.69, 9.17) is 18.0 Å². The number of anilines is 1. The molecule has 1 aliphatic rings. The fourth-order valence-corrected chi connectivity index (χ4v) is 3.17. The molecule has 3 N–H and O–H groups in total. The topological polar surface area (TPSA) is 59.1 Å². The summed E-state index contributed by atoms with van der Waals surface area (Å²) in [5, 5.41) is 8.01. The Bertz CT molecular complexity index is 474. The van der Waals surface area contributed by atoms with Crippen LogP contribution in [0.15, 0.2) is 0 Å². The normalized spacial score (nSPS) is 17.4. The molecule has 0 atom stereocenters. The number of aryl methyl sites for hydroxylation is 2. The lowest BCUT2D eigenvalue weighted by molar-refractivity contribution is 0.219. The quantitative estimate of drug-likeness (QED) is 0.809. The van der Waals surface area contributed by atoms with E-state index >= 15 is 0 Å². The second-order valence-corrected chi connectivity index (χ2v) is 6.00. The van der Waals surface area contributed by atoms with Gasteiger partial charge in [0, 0.05) is 26.2 Å². The molecule has 112 valence electrons. The van der Waals surface area contributed by atoms with E-state index in [1.54, 1.807) is 0 Å². The van der Waals surface area contributed by atoms with Gasteiger partial charge in [-0.3, -0.25) is 4.68 Å². The van der Waals surface area contributed by atoms with E-state index < -0.39 is 0 Å². The zero-order chi connectivity index (χ0) is 14.7. The van der Waals surface area contributed by atoms with Crippen molar-refractivity contribution in [3.63, 3.8) is 0 Å². The van der Waals surface area contributed by atoms with Crippen molar-refractivity contribution in [2.45, 2.75) is 39.2 Å². The summed E-state index contributed by atoms with van der Waals surface area (Å²) in [6.45, 7) is 7.70. The minimum atomic E-state index is 0.418. The van der Waals surface area contributed by atoms with E-state index in [9.17, 15) is 0 Å². The van der Waals surface area contributed by atoms with Gasteiger partial charge >= 0.3 is 0 Å². The molecule has 0 radical (unpaired) electrons. The summed E-state index contributed by atoms with van der Waals surface area (Å²) in [5.41, 5.74) is 7.61. The van der Waals surface area contributed by atoms with Crippen molar-refractivity contribution in [1.82, 2.24) is 14.7 Å². The highest BCUT2D eigenvalue weighted by Gasteiger charge is 2.22. The van der Waals surface area contributed by atoms with Gasteiger partial charge in [0.2, 0.25) is 0 Å². The van der Waals surface area contributed by atoms with Crippen LogP contribution in [0.2, 0.25) is 0 Å². The largest absolute Gasteiger partial charge is 0.389 e. The van der Waals surface area contributed by atoms with E-state index in [0.29, 0.717) is 11.0 Å². The number of piperidine rings is 1. The third kappa shape index (κ3) is 3.30. The Morgan fingerprint density at radius 1 is 1.45 bits per heavy atom. The van der Waals surface area contributed by atoms with Crippen LogP contribution in [0.1, 0.15) is 37.4 Å². The molecule has 1 aliphatic heterocycles. The number of nitrogens with one attached hydrogen (secondary N) is 1. The summed E-state index contributed by atoms with van der Waals surface area (Å²) in [6, 6.07) is 0.478. The average Bonchev–Trinajstić information content (AvgIpc) is 2.67. The zero-order valence-corrected chi connectivity index (χ0v) is 13.5. The fourth-order valence-electron chi connectivity index (χ4n) is 2.93. The maximum absolute atomic E-state index is 5.83. The predicted molar refractivity (Wildman–Crippen MR) is 87.2 cm³/mol. The molecule has 0 saturated carbocycles. The molecule has 1 saturated heterocycles. The van der Waals surface area contributed by atoms with Crippen molar-refractivity contribution in [3.8, 4) is 0 Å². The molecule has 0 spiro atoms. The van der Waals surface area contributed by atoms with Gasteiger partial charge in [-0.25, -0.2) is 0 Å². The Balaban J connectivity index is 2.03. The van der Waals surface area contributed by atoms with Gasteiger partial charge in [0.15, 0.2) is 0 Å². The average molecular weight is 295 g/mol. The van der Waals surface area contributed by atoms with Crippen LogP contribution >= 0.6 is 12.2 Å². The summed E-state index contributed by atoms with van der Waals surface area (Å²) in [5.74, 6) is 0.962. The number of hydrogen-bond acceptors (Lipinski definition) is 4. The van der Waals surface area contributed by atoms with Gasteiger partial charge in [0.1, 0.15) is 10.8 Å². The van der Waals surface area contributed by atoms with Crippen molar-refractivity contribution in [3.05, 3.63) is 11.3 Å². The van der Waals surface area contributed by atoms with Crippen LogP contribution < -0.4 is 11.1 Å². The van der Waals surface area contributed by atoms with E-state index in [-0.39, 0.29) is 0 Å². The van der Waals surface area contributed by atoms with Gasteiger partial charge < -0.3 is 16.0 Å². The first-order valence-corrected chi connectivity index (χ1v) is 7.76. The Labute approximate surface area is 126 Å². The number of rotatable bonds is 5. The standard InChI is InChI=1S/C14H25N5S/c1-4-7-19-8-5-11(6-9-19)16-14-12(13(15)20)10(2)17-18(14)3/h11,16H,4-9H2,1-3H3,(H2,15,20). The van der Waals surface area contributed by atoms with E-state index in [0.717, 1.165) is 43.0 Å². The Morgan fingerprint density at radius 2 is 2.10 bits per heavy atom. The monoisotopic (exact) mass is 295 g/mol. The summed E-state index contributed by atoms with van der Waals surface area (Å²) >= 11 is 5.15. The van der Waals surface area contributed by atoms with E-state index in [2.05, 4.69) is 22.2 Å². The minimum Gasteiger partial charge on any atom is -0.389 e. The van der Waals surface area contributed by atoms with Crippen molar-refractivity contribution < 1.29 is 0 Å². The maximum atomic E-state index is 5.83. The summed E-state index contributed by atoms with van der Waals surface area (Å²) in [4.78, 5) is 2.95. The van der Waals surface area contributed by atoms with Gasteiger partial charge in [-0.15, -0.1) is 0 Å². The first-order valence-electron chi connectivity index (χ1n) is 7.35. The molecule has 1 aromatic rings. The van der Waals surface area contributed by atoms with Crippen molar-refractivity contribution in [1.29, 1.82) is 0 Å². The number of thiocarbonyl (C=S) groups is 1. The third-order valence-corrected chi connectivity index (χ3v) is 4.14. The molecule has 5 nitrogen and oxygen atoms in total. The Morgan fingerprint density at radius 3 is 2.65 bits per heavy atom. The molecule has 6 heteroatoms. The van der Waals surface area contributed by atoms with Crippen molar-refractivity contribution >= 4 is 23.0 Å². The lowest BCUT2D eigenvalue weighted by atomic mass is 10.0. The Hall–Kier alpha value is -1.14. The van der Waals surface area contributed by atoms with E-state index in [1.165, 1.54) is 13.0 Å². The smallest absolute Gasteiger partial charge is 0.134 e. The maximum Gasteiger partial charge on any atom is 0.134 e. The summed E-state index contributed by atoms with van der Waals surface area (Å²) < 4.78 is 1.85. The van der Waals surface area contributed by atoms with Crippen LogP contribution in [0.4, 0.5) is 5.82 Å². The molecule has 0 amide bonds. The van der Waals surface area contributed by atoms with E-state index in [1.807, 2.05) is 18.7 Å². The van der Waals surface area contributed by atoms with Crippen LogP contribution in [0, 0.1) is 6.92 Å². The molecule has 0 aliphatic carbocycles. The molecule has 2 heterocycles. The molecular formula is C14H25N5S. The number of nitrogens with two attached hydrogens (primary N) is 1. The fraction of sp³-hybridized carbons (Fsp3) is 0.714. The number of nitrogens with zero attached hydrogens (tertiary/aromatic N) is 3. The van der Waals surface area contributed by atoms with Gasteiger partial charge in [-0.05, 0) is 32.7 Å².